The molecule has 0 atom stereocenters. The second-order valence-electron chi connectivity index (χ2n) is 4.99. The highest BCUT2D eigenvalue weighted by molar-refractivity contribution is 5.71. The van der Waals surface area contributed by atoms with E-state index in [1.54, 1.807) is 6.92 Å². The van der Waals surface area contributed by atoms with Crippen LogP contribution in [0.25, 0.3) is 0 Å². The number of ether oxygens (including phenoxy) is 1. The van der Waals surface area contributed by atoms with Crippen molar-refractivity contribution < 1.29 is 9.53 Å². The van der Waals surface area contributed by atoms with Crippen molar-refractivity contribution in [2.45, 2.75) is 65.2 Å². The molecule has 2 nitrogen and oxygen atoms in total. The summed E-state index contributed by atoms with van der Waals surface area (Å²) in [6, 6.07) is 7.90. The molecule has 0 saturated carbocycles. The van der Waals surface area contributed by atoms with Crippen LogP contribution in [0.1, 0.15) is 64.4 Å². The van der Waals surface area contributed by atoms with Crippen LogP contribution in [0.4, 0.5) is 0 Å². The normalized spacial score (nSPS) is 10.4. The average Bonchev–Trinajstić information content (AvgIpc) is 2.44. The van der Waals surface area contributed by atoms with Gasteiger partial charge in [-0.1, -0.05) is 58.1 Å². The Bertz CT molecular complexity index is 354. The van der Waals surface area contributed by atoms with E-state index < -0.39 is 0 Å². The Morgan fingerprint density at radius 1 is 0.947 bits per heavy atom. The van der Waals surface area contributed by atoms with Crippen LogP contribution < -0.4 is 4.74 Å². The second-order valence-corrected chi connectivity index (χ2v) is 4.99. The van der Waals surface area contributed by atoms with E-state index in [1.165, 1.54) is 44.1 Å². The van der Waals surface area contributed by atoms with Crippen LogP contribution in [-0.4, -0.2) is 5.97 Å². The molecule has 0 aliphatic carbocycles. The van der Waals surface area contributed by atoms with Gasteiger partial charge in [0.1, 0.15) is 5.75 Å². The minimum Gasteiger partial charge on any atom is -0.427 e. The summed E-state index contributed by atoms with van der Waals surface area (Å²) in [6.45, 7) is 4.04. The second kappa shape index (κ2) is 9.60. The largest absolute Gasteiger partial charge is 0.427 e. The zero-order chi connectivity index (χ0) is 13.9. The fourth-order valence-corrected chi connectivity index (χ4v) is 2.04. The summed E-state index contributed by atoms with van der Waals surface area (Å²) in [5, 5.41) is 0. The molecule has 0 saturated heterocycles. The number of aryl methyl sites for hydroxylation is 1. The van der Waals surface area contributed by atoms with Gasteiger partial charge in [0, 0.05) is 6.42 Å². The number of hydrogen-bond donors (Lipinski definition) is 0. The molecular weight excluding hydrogens is 236 g/mol. The molecule has 0 fully saturated rings. The number of hydrogen-bond acceptors (Lipinski definition) is 2. The van der Waals surface area contributed by atoms with Gasteiger partial charge >= 0.3 is 5.97 Å². The highest BCUT2D eigenvalue weighted by atomic mass is 16.5. The van der Waals surface area contributed by atoms with E-state index in [0.717, 1.165) is 6.42 Å². The third-order valence-electron chi connectivity index (χ3n) is 3.26. The topological polar surface area (TPSA) is 26.3 Å². The lowest BCUT2D eigenvalue weighted by Gasteiger charge is -2.05. The molecule has 1 aromatic rings. The van der Waals surface area contributed by atoms with Gasteiger partial charge in [0.05, 0.1) is 0 Å². The van der Waals surface area contributed by atoms with Crippen LogP contribution >= 0.6 is 0 Å². The first-order valence-electron chi connectivity index (χ1n) is 7.56. The molecule has 0 spiro atoms. The number of rotatable bonds is 9. The Labute approximate surface area is 117 Å². The average molecular weight is 262 g/mol. The minimum atomic E-state index is -0.177. The lowest BCUT2D eigenvalue weighted by Crippen LogP contribution is -2.05. The summed E-state index contributed by atoms with van der Waals surface area (Å²) in [5.41, 5.74) is 1.33. The fourth-order valence-electron chi connectivity index (χ4n) is 2.04. The molecule has 0 amide bonds. The molecule has 0 aliphatic rings. The monoisotopic (exact) mass is 262 g/mol. The van der Waals surface area contributed by atoms with Gasteiger partial charge < -0.3 is 4.74 Å². The van der Waals surface area contributed by atoms with Gasteiger partial charge in [-0.15, -0.1) is 0 Å². The Hall–Kier alpha value is -1.31. The summed E-state index contributed by atoms with van der Waals surface area (Å²) in [4.78, 5) is 11.1. The lowest BCUT2D eigenvalue weighted by molar-refractivity contribution is -0.134. The number of esters is 1. The molecule has 2 heteroatoms. The number of unbranched alkanes of at least 4 members (excludes halogenated alkanes) is 5. The summed E-state index contributed by atoms with van der Waals surface area (Å²) in [7, 11) is 0. The summed E-state index contributed by atoms with van der Waals surface area (Å²) < 4.78 is 5.15. The van der Waals surface area contributed by atoms with Gasteiger partial charge in [-0.2, -0.15) is 0 Å². The van der Waals surface area contributed by atoms with Gasteiger partial charge in [-0.3, -0.25) is 4.79 Å². The predicted octanol–water partition coefficient (Wildman–Crippen LogP) is 4.91. The van der Waals surface area contributed by atoms with Gasteiger partial charge in [-0.05, 0) is 30.5 Å². The molecular formula is C17H26O2. The molecule has 0 radical (unpaired) electrons. The van der Waals surface area contributed by atoms with Crippen molar-refractivity contribution in [3.8, 4) is 5.75 Å². The maximum atomic E-state index is 11.1. The van der Waals surface area contributed by atoms with Crippen molar-refractivity contribution in [2.24, 2.45) is 0 Å². The van der Waals surface area contributed by atoms with Gasteiger partial charge in [-0.25, -0.2) is 0 Å². The highest BCUT2D eigenvalue weighted by Gasteiger charge is 2.01. The van der Waals surface area contributed by atoms with E-state index in [9.17, 15) is 4.79 Å². The van der Waals surface area contributed by atoms with Crippen molar-refractivity contribution in [2.75, 3.05) is 0 Å². The minimum absolute atomic E-state index is 0.177. The Balaban J connectivity index is 2.22. The van der Waals surface area contributed by atoms with Crippen LogP contribution in [-0.2, 0) is 11.2 Å². The van der Waals surface area contributed by atoms with Crippen LogP contribution in [0, 0.1) is 0 Å². The van der Waals surface area contributed by atoms with Crippen molar-refractivity contribution in [1.29, 1.82) is 0 Å². The highest BCUT2D eigenvalue weighted by Crippen LogP contribution is 2.15. The van der Waals surface area contributed by atoms with Crippen LogP contribution in [0.2, 0.25) is 0 Å². The van der Waals surface area contributed by atoms with Gasteiger partial charge in [0.25, 0.3) is 0 Å². The van der Waals surface area contributed by atoms with Gasteiger partial charge in [0.15, 0.2) is 0 Å². The molecule has 0 aliphatic heterocycles. The first kappa shape index (κ1) is 15.7. The first-order valence-corrected chi connectivity index (χ1v) is 7.56. The van der Waals surface area contributed by atoms with Crippen molar-refractivity contribution in [3.05, 3.63) is 29.8 Å². The van der Waals surface area contributed by atoms with Crippen LogP contribution in [0.3, 0.4) is 0 Å². The van der Waals surface area contributed by atoms with Crippen molar-refractivity contribution in [1.82, 2.24) is 0 Å². The molecule has 0 unspecified atom stereocenters. The molecule has 106 valence electrons. The maximum absolute atomic E-state index is 11.1. The Morgan fingerprint density at radius 2 is 1.58 bits per heavy atom. The van der Waals surface area contributed by atoms with E-state index >= 15 is 0 Å². The molecule has 1 aromatic carbocycles. The lowest BCUT2D eigenvalue weighted by atomic mass is 10.0. The Morgan fingerprint density at radius 3 is 2.21 bits per heavy atom. The quantitative estimate of drug-likeness (QED) is 0.359. The van der Waals surface area contributed by atoms with Crippen LogP contribution in [0.5, 0.6) is 5.75 Å². The number of carbonyl (C=O) groups excluding carboxylic acids is 1. The summed E-state index contributed by atoms with van der Waals surface area (Å²) in [5.74, 6) is 0.474. The zero-order valence-corrected chi connectivity index (χ0v) is 12.3. The zero-order valence-electron chi connectivity index (χ0n) is 12.3. The fraction of sp³-hybridized carbons (Fsp3) is 0.588. The number of carbonyl (C=O) groups is 1. The third kappa shape index (κ3) is 7.00. The van der Waals surface area contributed by atoms with Gasteiger partial charge in [0.2, 0.25) is 0 Å². The van der Waals surface area contributed by atoms with E-state index in [2.05, 4.69) is 19.1 Å². The molecule has 1 rings (SSSR count). The maximum Gasteiger partial charge on any atom is 0.310 e. The molecule has 19 heavy (non-hydrogen) atoms. The van der Waals surface area contributed by atoms with Crippen LogP contribution in [0.15, 0.2) is 24.3 Å². The molecule has 0 aromatic heterocycles. The van der Waals surface area contributed by atoms with E-state index in [0.29, 0.717) is 12.2 Å². The van der Waals surface area contributed by atoms with E-state index in [-0.39, 0.29) is 5.97 Å². The number of benzene rings is 1. The summed E-state index contributed by atoms with van der Waals surface area (Å²) in [6.07, 6.45) is 9.47. The van der Waals surface area contributed by atoms with Crippen molar-refractivity contribution in [3.63, 3.8) is 0 Å². The molecule has 0 heterocycles. The Kier molecular flexibility index (Phi) is 7.95. The molecule has 0 N–H and O–H groups in total. The third-order valence-corrected chi connectivity index (χ3v) is 3.26. The first-order chi connectivity index (χ1) is 9.26. The molecule has 0 bridgehead atoms. The van der Waals surface area contributed by atoms with E-state index in [4.69, 9.17) is 4.74 Å². The predicted molar refractivity (Wildman–Crippen MR) is 79.4 cm³/mol. The standard InChI is InChI=1S/C17H26O2/c1-3-5-6-7-8-9-10-15-11-13-16(14-12-15)19-17(18)4-2/h11-14H,3-10H2,1-2H3. The van der Waals surface area contributed by atoms with E-state index in [1.807, 2.05) is 12.1 Å². The smallest absolute Gasteiger partial charge is 0.310 e. The summed E-state index contributed by atoms with van der Waals surface area (Å²) >= 11 is 0. The van der Waals surface area contributed by atoms with Crippen molar-refractivity contribution >= 4 is 5.97 Å². The SMILES string of the molecule is CCCCCCCCc1ccc(OC(=O)CC)cc1.